The lowest BCUT2D eigenvalue weighted by molar-refractivity contribution is 0.608. The van der Waals surface area contributed by atoms with Gasteiger partial charge in [-0.25, -0.2) is 0 Å². The highest BCUT2D eigenvalue weighted by molar-refractivity contribution is 5.63. The Hall–Kier alpha value is -1.67. The van der Waals surface area contributed by atoms with Gasteiger partial charge >= 0.3 is 0 Å². The largest absolute Gasteiger partial charge is 0.317 e. The first-order chi connectivity index (χ1) is 8.69. The highest BCUT2D eigenvalue weighted by Crippen LogP contribution is 2.20. The van der Waals surface area contributed by atoms with Crippen LogP contribution in [0, 0.1) is 6.92 Å². The summed E-state index contributed by atoms with van der Waals surface area (Å²) < 4.78 is 0. The zero-order chi connectivity index (χ0) is 13.0. The molecular formula is C16H20N2. The molecule has 0 bridgehead atoms. The molecule has 94 valence electrons. The minimum atomic E-state index is 0.513. The number of nitrogens with one attached hydrogen (secondary N) is 1. The van der Waals surface area contributed by atoms with Crippen LogP contribution in [0.3, 0.4) is 0 Å². The summed E-state index contributed by atoms with van der Waals surface area (Å²) in [6.45, 7) is 4.21. The second-order valence-electron chi connectivity index (χ2n) is 4.78. The fourth-order valence-corrected chi connectivity index (χ4v) is 2.01. The number of aromatic nitrogens is 1. The molecular weight excluding hydrogens is 220 g/mol. The number of hydrogen-bond donors (Lipinski definition) is 1. The smallest absolute Gasteiger partial charge is 0.0378 e. The van der Waals surface area contributed by atoms with Crippen LogP contribution in [0.25, 0.3) is 11.1 Å². The molecule has 2 nitrogen and oxygen atoms in total. The van der Waals surface area contributed by atoms with E-state index in [2.05, 4.69) is 53.6 Å². The van der Waals surface area contributed by atoms with Gasteiger partial charge in [-0.15, -0.1) is 0 Å². The van der Waals surface area contributed by atoms with Gasteiger partial charge in [-0.05, 0) is 56.1 Å². The van der Waals surface area contributed by atoms with E-state index in [4.69, 9.17) is 0 Å². The molecule has 0 radical (unpaired) electrons. The summed E-state index contributed by atoms with van der Waals surface area (Å²) in [5.74, 6) is 0. The van der Waals surface area contributed by atoms with Gasteiger partial charge in [0.2, 0.25) is 0 Å². The summed E-state index contributed by atoms with van der Waals surface area (Å²) in [5.41, 5.74) is 4.91. The Balaban J connectivity index is 2.17. The quantitative estimate of drug-likeness (QED) is 0.887. The molecule has 1 heterocycles. The summed E-state index contributed by atoms with van der Waals surface area (Å²) >= 11 is 0. The highest BCUT2D eigenvalue weighted by atomic mass is 14.8. The fraction of sp³-hybridized carbons (Fsp3) is 0.312. The van der Waals surface area contributed by atoms with Crippen LogP contribution in [0.5, 0.6) is 0 Å². The summed E-state index contributed by atoms with van der Waals surface area (Å²) in [7, 11) is 2.00. The van der Waals surface area contributed by atoms with Crippen LogP contribution in [-0.4, -0.2) is 18.1 Å². The van der Waals surface area contributed by atoms with Gasteiger partial charge in [-0.3, -0.25) is 4.98 Å². The molecule has 2 heteroatoms. The fourth-order valence-electron chi connectivity index (χ4n) is 2.01. The zero-order valence-electron chi connectivity index (χ0n) is 11.3. The molecule has 2 rings (SSSR count). The molecule has 1 unspecified atom stereocenters. The van der Waals surface area contributed by atoms with Crippen LogP contribution >= 0.6 is 0 Å². The molecule has 1 aromatic heterocycles. The van der Waals surface area contributed by atoms with E-state index in [-0.39, 0.29) is 0 Å². The maximum absolute atomic E-state index is 4.23. The first kappa shape index (κ1) is 12.8. The van der Waals surface area contributed by atoms with Crippen molar-refractivity contribution in [3.63, 3.8) is 0 Å². The molecule has 0 fully saturated rings. The molecule has 0 aliphatic heterocycles. The predicted molar refractivity (Wildman–Crippen MR) is 76.6 cm³/mol. The summed E-state index contributed by atoms with van der Waals surface area (Å²) in [6.07, 6.45) is 2.92. The van der Waals surface area contributed by atoms with Crippen molar-refractivity contribution in [2.75, 3.05) is 7.05 Å². The van der Waals surface area contributed by atoms with E-state index in [0.717, 1.165) is 12.1 Å². The van der Waals surface area contributed by atoms with Crippen LogP contribution in [0.2, 0.25) is 0 Å². The van der Waals surface area contributed by atoms with Crippen molar-refractivity contribution < 1.29 is 0 Å². The molecule has 0 aliphatic rings. The van der Waals surface area contributed by atoms with E-state index in [1.54, 1.807) is 0 Å². The first-order valence-corrected chi connectivity index (χ1v) is 6.38. The first-order valence-electron chi connectivity index (χ1n) is 6.38. The maximum atomic E-state index is 4.23. The Morgan fingerprint density at radius 2 is 1.83 bits per heavy atom. The molecule has 0 saturated carbocycles. The number of hydrogen-bond acceptors (Lipinski definition) is 2. The summed E-state index contributed by atoms with van der Waals surface area (Å²) in [6, 6.07) is 13.5. The third-order valence-corrected chi connectivity index (χ3v) is 3.22. The molecule has 18 heavy (non-hydrogen) atoms. The van der Waals surface area contributed by atoms with Gasteiger partial charge in [0, 0.05) is 17.9 Å². The van der Waals surface area contributed by atoms with Gasteiger partial charge in [0.05, 0.1) is 0 Å². The van der Waals surface area contributed by atoms with Gasteiger partial charge in [0.25, 0.3) is 0 Å². The standard InChI is InChI=1S/C16H20N2/c1-12(17-3)10-14-4-6-15(7-5-14)16-8-9-18-13(2)11-16/h4-9,11-12,17H,10H2,1-3H3. The Labute approximate surface area is 109 Å². The lowest BCUT2D eigenvalue weighted by atomic mass is 10.0. The number of benzene rings is 1. The Kier molecular flexibility index (Phi) is 4.11. The van der Waals surface area contributed by atoms with Gasteiger partial charge < -0.3 is 5.32 Å². The van der Waals surface area contributed by atoms with Gasteiger partial charge in [0.1, 0.15) is 0 Å². The topological polar surface area (TPSA) is 24.9 Å². The van der Waals surface area contributed by atoms with Crippen LogP contribution in [0.1, 0.15) is 18.2 Å². The van der Waals surface area contributed by atoms with Crippen molar-refractivity contribution >= 4 is 0 Å². The van der Waals surface area contributed by atoms with E-state index in [1.807, 2.05) is 20.2 Å². The number of rotatable bonds is 4. The lowest BCUT2D eigenvalue weighted by Crippen LogP contribution is -2.23. The predicted octanol–water partition coefficient (Wildman–Crippen LogP) is 3.21. The molecule has 0 aliphatic carbocycles. The number of nitrogens with zero attached hydrogens (tertiary/aromatic N) is 1. The van der Waals surface area contributed by atoms with Crippen molar-refractivity contribution in [1.82, 2.24) is 10.3 Å². The van der Waals surface area contributed by atoms with Crippen molar-refractivity contribution in [2.24, 2.45) is 0 Å². The van der Waals surface area contributed by atoms with E-state index >= 15 is 0 Å². The second-order valence-corrected chi connectivity index (χ2v) is 4.78. The molecule has 1 aromatic carbocycles. The summed E-state index contributed by atoms with van der Waals surface area (Å²) in [5, 5.41) is 3.26. The van der Waals surface area contributed by atoms with Gasteiger partial charge in [-0.2, -0.15) is 0 Å². The SMILES string of the molecule is CNC(C)Cc1ccc(-c2ccnc(C)c2)cc1. The van der Waals surface area contributed by atoms with E-state index in [0.29, 0.717) is 6.04 Å². The van der Waals surface area contributed by atoms with Crippen molar-refractivity contribution in [1.29, 1.82) is 0 Å². The van der Waals surface area contributed by atoms with Gasteiger partial charge in [0.15, 0.2) is 0 Å². The summed E-state index contributed by atoms with van der Waals surface area (Å²) in [4.78, 5) is 4.23. The van der Waals surface area contributed by atoms with Crippen molar-refractivity contribution in [3.05, 3.63) is 53.9 Å². The molecule has 0 spiro atoms. The Bertz CT molecular complexity index is 503. The molecule has 0 saturated heterocycles. The average molecular weight is 240 g/mol. The molecule has 0 amide bonds. The normalized spacial score (nSPS) is 12.4. The third kappa shape index (κ3) is 3.17. The molecule has 1 atom stereocenters. The number of likely N-dealkylation sites (N-methyl/N-ethyl adjacent to an activating group) is 1. The second kappa shape index (κ2) is 5.78. The van der Waals surface area contributed by atoms with Crippen LogP contribution in [0.15, 0.2) is 42.6 Å². The third-order valence-electron chi connectivity index (χ3n) is 3.22. The van der Waals surface area contributed by atoms with Crippen LogP contribution in [-0.2, 0) is 6.42 Å². The molecule has 2 aromatic rings. The van der Waals surface area contributed by atoms with Crippen molar-refractivity contribution in [2.45, 2.75) is 26.3 Å². The number of pyridine rings is 1. The van der Waals surface area contributed by atoms with Crippen molar-refractivity contribution in [3.8, 4) is 11.1 Å². The Morgan fingerprint density at radius 1 is 1.11 bits per heavy atom. The van der Waals surface area contributed by atoms with Crippen LogP contribution in [0.4, 0.5) is 0 Å². The lowest BCUT2D eigenvalue weighted by Gasteiger charge is -2.10. The molecule has 1 N–H and O–H groups in total. The van der Waals surface area contributed by atoms with E-state index in [1.165, 1.54) is 16.7 Å². The average Bonchev–Trinajstić information content (AvgIpc) is 2.39. The maximum Gasteiger partial charge on any atom is 0.0378 e. The Morgan fingerprint density at radius 3 is 2.44 bits per heavy atom. The number of aryl methyl sites for hydroxylation is 1. The monoisotopic (exact) mass is 240 g/mol. The van der Waals surface area contributed by atoms with E-state index in [9.17, 15) is 0 Å². The van der Waals surface area contributed by atoms with Crippen LogP contribution < -0.4 is 5.32 Å². The van der Waals surface area contributed by atoms with E-state index < -0.39 is 0 Å². The minimum absolute atomic E-state index is 0.513. The highest BCUT2D eigenvalue weighted by Gasteiger charge is 2.02. The minimum Gasteiger partial charge on any atom is -0.317 e. The van der Waals surface area contributed by atoms with Gasteiger partial charge in [-0.1, -0.05) is 24.3 Å². The zero-order valence-corrected chi connectivity index (χ0v) is 11.3.